The lowest BCUT2D eigenvalue weighted by molar-refractivity contribution is 0.886. The first-order chi connectivity index (χ1) is 1.91. The first-order valence-corrected chi connectivity index (χ1v) is 1.91. The van der Waals surface area contributed by atoms with Crippen molar-refractivity contribution in [2.75, 3.05) is 0 Å². The van der Waals surface area contributed by atoms with Crippen LogP contribution < -0.4 is 0 Å². The highest BCUT2D eigenvalue weighted by atomic mass is 27.0. The Bertz CT molecular complexity index is 9.51. The third-order valence-corrected chi connectivity index (χ3v) is 0.500. The van der Waals surface area contributed by atoms with Crippen LogP contribution in [0.3, 0.4) is 0 Å². The second-order valence-corrected chi connectivity index (χ2v) is 1.000. The Morgan fingerprint density at radius 3 is 1.17 bits per heavy atom. The van der Waals surface area contributed by atoms with Gasteiger partial charge in [-0.2, -0.15) is 0 Å². The molecular weight excluding hydrogens is 94.0 g/mol. The molecule has 0 aliphatic rings. The summed E-state index contributed by atoms with van der Waals surface area (Å²) in [6, 6.07) is 0. The number of halogens is 1. The third kappa shape index (κ3) is 25.0. The fourth-order valence-corrected chi connectivity index (χ4v) is 0. The normalized spacial score (nSPS) is 5.00. The van der Waals surface area contributed by atoms with E-state index >= 15 is 0 Å². The van der Waals surface area contributed by atoms with Crippen LogP contribution in [0.15, 0.2) is 0 Å². The molecule has 0 rings (SSSR count). The summed E-state index contributed by atoms with van der Waals surface area (Å²) in [7, 11) is 0. The molecule has 2 heteroatoms. The molecule has 0 spiro atoms. The minimum absolute atomic E-state index is 0. The monoisotopic (exact) mass is 108 g/mol. The van der Waals surface area contributed by atoms with Gasteiger partial charge in [-0.1, -0.05) is 26.7 Å². The van der Waals surface area contributed by atoms with Crippen LogP contribution in [-0.2, 0) is 0 Å². The average Bonchev–Trinajstić information content (AvgIpc) is 1.37. The topological polar surface area (TPSA) is 0 Å². The maximum Gasteiger partial charge on any atom is 0.187 e. The second kappa shape index (κ2) is 17.9. The summed E-state index contributed by atoms with van der Waals surface area (Å²) in [5.74, 6) is 0. The summed E-state index contributed by atoms with van der Waals surface area (Å²) >= 11 is 0. The van der Waals surface area contributed by atoms with Crippen LogP contribution in [0.4, 0.5) is 4.70 Å². The lowest BCUT2D eigenvalue weighted by Gasteiger charge is -1.68. The summed E-state index contributed by atoms with van der Waals surface area (Å²) in [5, 5.41) is 0. The van der Waals surface area contributed by atoms with Crippen molar-refractivity contribution >= 4 is 17.4 Å². The highest BCUT2D eigenvalue weighted by Gasteiger charge is 1.56. The molecule has 0 radical (unpaired) electrons. The van der Waals surface area contributed by atoms with Gasteiger partial charge >= 0.3 is 0 Å². The minimum Gasteiger partial charge on any atom is -0.269 e. The van der Waals surface area contributed by atoms with E-state index in [1.165, 1.54) is 12.8 Å². The molecule has 0 fully saturated rings. The largest absolute Gasteiger partial charge is 0.269 e. The van der Waals surface area contributed by atoms with Crippen LogP contribution in [0.1, 0.15) is 26.7 Å². The first-order valence-electron chi connectivity index (χ1n) is 1.91. The van der Waals surface area contributed by atoms with Gasteiger partial charge in [-0.15, -0.1) is 0 Å². The van der Waals surface area contributed by atoms with Crippen molar-refractivity contribution in [3.63, 3.8) is 0 Å². The van der Waals surface area contributed by atoms with Crippen molar-refractivity contribution in [1.82, 2.24) is 0 Å². The Morgan fingerprint density at radius 1 is 1.00 bits per heavy atom. The maximum absolute atomic E-state index is 2.18. The Morgan fingerprint density at radius 2 is 1.17 bits per heavy atom. The van der Waals surface area contributed by atoms with E-state index in [1.807, 2.05) is 0 Å². The van der Waals surface area contributed by atoms with E-state index in [-0.39, 0.29) is 22.1 Å². The number of unbranched alkanes of at least 4 members (excludes halogenated alkanes) is 1. The van der Waals surface area contributed by atoms with E-state index in [2.05, 4.69) is 13.8 Å². The molecule has 0 unspecified atom stereocenters. The SMILES string of the molecule is CCCC.F.[AlH3]. The predicted octanol–water partition coefficient (Wildman–Crippen LogP) is 0.775. The molecule has 40 valence electrons. The molecule has 0 atom stereocenters. The fourth-order valence-electron chi connectivity index (χ4n) is 0. The van der Waals surface area contributed by atoms with Gasteiger partial charge in [-0.25, -0.2) is 0 Å². The molecule has 0 aromatic heterocycles. The molecule has 0 amide bonds. The van der Waals surface area contributed by atoms with Gasteiger partial charge in [0.1, 0.15) is 0 Å². The van der Waals surface area contributed by atoms with Gasteiger partial charge in [0.05, 0.1) is 0 Å². The number of hydrogen-bond acceptors (Lipinski definition) is 0. The van der Waals surface area contributed by atoms with Crippen molar-refractivity contribution in [2.45, 2.75) is 26.7 Å². The molecule has 0 saturated heterocycles. The van der Waals surface area contributed by atoms with Crippen LogP contribution in [0.2, 0.25) is 0 Å². The third-order valence-electron chi connectivity index (χ3n) is 0.500. The second-order valence-electron chi connectivity index (χ2n) is 1.000. The van der Waals surface area contributed by atoms with Crippen LogP contribution in [0.25, 0.3) is 0 Å². The highest BCUT2D eigenvalue weighted by Crippen LogP contribution is 1.76. The van der Waals surface area contributed by atoms with Crippen molar-refractivity contribution in [3.8, 4) is 0 Å². The van der Waals surface area contributed by atoms with Crippen LogP contribution in [0, 0.1) is 0 Å². The van der Waals surface area contributed by atoms with Crippen LogP contribution >= 0.6 is 0 Å². The number of rotatable bonds is 1. The minimum atomic E-state index is 0. The zero-order valence-corrected chi connectivity index (χ0v) is 3.82. The van der Waals surface area contributed by atoms with E-state index in [1.54, 1.807) is 0 Å². The lowest BCUT2D eigenvalue weighted by atomic mass is 10.4. The Labute approximate surface area is 49.4 Å². The van der Waals surface area contributed by atoms with E-state index in [0.29, 0.717) is 0 Å². The van der Waals surface area contributed by atoms with Crippen molar-refractivity contribution < 1.29 is 4.70 Å². The lowest BCUT2D eigenvalue weighted by Crippen LogP contribution is -1.47. The zero-order chi connectivity index (χ0) is 3.41. The molecule has 0 aromatic rings. The van der Waals surface area contributed by atoms with Gasteiger partial charge in [0.25, 0.3) is 0 Å². The molecule has 0 aliphatic carbocycles. The maximum atomic E-state index is 2.18. The molecule has 0 N–H and O–H groups in total. The smallest absolute Gasteiger partial charge is 0.187 e. The molecular formula is C4H14AlF. The van der Waals surface area contributed by atoms with Gasteiger partial charge in [-0.05, 0) is 0 Å². The number of hydrogen-bond donors (Lipinski definition) is 0. The van der Waals surface area contributed by atoms with E-state index in [0.717, 1.165) is 0 Å². The van der Waals surface area contributed by atoms with Crippen molar-refractivity contribution in [2.24, 2.45) is 0 Å². The molecule has 0 heterocycles. The Balaban J connectivity index is -0.0000000450. The molecule has 0 saturated carbocycles. The quantitative estimate of drug-likeness (QED) is 0.435. The summed E-state index contributed by atoms with van der Waals surface area (Å²) in [6.45, 7) is 4.36. The van der Waals surface area contributed by atoms with Gasteiger partial charge < -0.3 is 0 Å². The first kappa shape index (κ1) is 16.1. The molecule has 0 nitrogen and oxygen atoms in total. The molecule has 0 aromatic carbocycles. The summed E-state index contributed by atoms with van der Waals surface area (Å²) < 4.78 is 0. The predicted molar refractivity (Wildman–Crippen MR) is 33.0 cm³/mol. The average molecular weight is 108 g/mol. The molecule has 6 heavy (non-hydrogen) atoms. The van der Waals surface area contributed by atoms with Gasteiger partial charge in [0.2, 0.25) is 0 Å². The van der Waals surface area contributed by atoms with Crippen LogP contribution in [0.5, 0.6) is 0 Å². The molecule has 0 bridgehead atoms. The van der Waals surface area contributed by atoms with E-state index in [9.17, 15) is 0 Å². The summed E-state index contributed by atoms with van der Waals surface area (Å²) in [5.41, 5.74) is 0. The standard InChI is InChI=1S/C4H10.Al.FH.3H/c1-3-4-2;;;;;/h3-4H2,1-2H3;;1H;;;. The van der Waals surface area contributed by atoms with Crippen LogP contribution in [-0.4, -0.2) is 17.4 Å². The van der Waals surface area contributed by atoms with Crippen molar-refractivity contribution in [1.29, 1.82) is 0 Å². The van der Waals surface area contributed by atoms with Crippen molar-refractivity contribution in [3.05, 3.63) is 0 Å². The van der Waals surface area contributed by atoms with Gasteiger partial charge in [0.15, 0.2) is 17.4 Å². The summed E-state index contributed by atoms with van der Waals surface area (Å²) in [6.07, 6.45) is 2.64. The Hall–Kier alpha value is 0.462. The van der Waals surface area contributed by atoms with Gasteiger partial charge in [0, 0.05) is 0 Å². The Kier molecular flexibility index (Phi) is 48.1. The summed E-state index contributed by atoms with van der Waals surface area (Å²) in [4.78, 5) is 0. The highest BCUT2D eigenvalue weighted by molar-refractivity contribution is 5.75. The van der Waals surface area contributed by atoms with Gasteiger partial charge in [-0.3, -0.25) is 4.70 Å². The van der Waals surface area contributed by atoms with E-state index in [4.69, 9.17) is 0 Å². The van der Waals surface area contributed by atoms with E-state index < -0.39 is 0 Å². The molecule has 0 aliphatic heterocycles. The fraction of sp³-hybridized carbons (Fsp3) is 1.00. The zero-order valence-electron chi connectivity index (χ0n) is 3.82.